The minimum Gasteiger partial charge on any atom is -0.481 e. The Morgan fingerprint density at radius 2 is 1.57 bits per heavy atom. The van der Waals surface area contributed by atoms with E-state index in [1.54, 1.807) is 7.11 Å². The number of carboxylic acids is 3. The number of nitrogens with zero attached hydrogens (tertiary/aromatic N) is 2. The topological polar surface area (TPSA) is 183 Å². The Morgan fingerprint density at radius 3 is 2.05 bits per heavy atom. The van der Waals surface area contributed by atoms with E-state index >= 15 is 0 Å². The van der Waals surface area contributed by atoms with E-state index in [0.717, 1.165) is 43.1 Å². The van der Waals surface area contributed by atoms with Gasteiger partial charge in [0.1, 0.15) is 18.1 Å². The summed E-state index contributed by atoms with van der Waals surface area (Å²) in [4.78, 5) is 37.6. The maximum atomic E-state index is 10.3. The molecule has 0 unspecified atom stereocenters. The summed E-state index contributed by atoms with van der Waals surface area (Å²) in [5.41, 5.74) is -1.45. The van der Waals surface area contributed by atoms with Crippen LogP contribution in [0.5, 0.6) is 0 Å². The third-order valence-electron chi connectivity index (χ3n) is 6.42. The van der Waals surface area contributed by atoms with Gasteiger partial charge in [-0.15, -0.1) is 0 Å². The fourth-order valence-corrected chi connectivity index (χ4v) is 5.18. The van der Waals surface area contributed by atoms with Crippen LogP contribution in [0.25, 0.3) is 0 Å². The minimum absolute atomic E-state index is 0.0964. The Kier molecular flexibility index (Phi) is 11.4. The average molecular weight is 564 g/mol. The Bertz CT molecular complexity index is 1100. The first-order valence-electron chi connectivity index (χ1n) is 12.9. The summed E-state index contributed by atoms with van der Waals surface area (Å²) in [5, 5.41) is 37.6. The van der Waals surface area contributed by atoms with Crippen molar-refractivity contribution in [2.45, 2.75) is 95.8 Å². The van der Waals surface area contributed by atoms with Crippen LogP contribution in [0.3, 0.4) is 0 Å². The minimum atomic E-state index is -2.74. The highest BCUT2D eigenvalue weighted by Crippen LogP contribution is 2.33. The Balaban J connectivity index is 0.000000366. The lowest BCUT2D eigenvalue weighted by Gasteiger charge is -2.49. The molecule has 0 saturated carbocycles. The smallest absolute Gasteiger partial charge is 0.336 e. The fraction of sp³-hybridized carbons (Fsp3) is 0.571. The van der Waals surface area contributed by atoms with Gasteiger partial charge in [0.15, 0.2) is 5.60 Å². The normalized spacial score (nSPS) is 16.7. The molecule has 0 spiro atoms. The highest BCUT2D eigenvalue weighted by atomic mass is 16.5. The SMILES string of the molecule is COCc1ccc(CN(Cc2ccccn2)C2CC(C)(C)NC(C)(C)C2)o1.O=C(O)CC(O)(CC(=O)O)C(=O)O. The Labute approximate surface area is 234 Å². The maximum absolute atomic E-state index is 10.3. The zero-order valence-electron chi connectivity index (χ0n) is 23.7. The number of aliphatic carboxylic acids is 3. The van der Waals surface area contributed by atoms with Gasteiger partial charge in [-0.3, -0.25) is 19.5 Å². The van der Waals surface area contributed by atoms with Gasteiger partial charge in [0, 0.05) is 37.0 Å². The van der Waals surface area contributed by atoms with E-state index in [0.29, 0.717) is 12.6 Å². The number of carboxylic acid groups (broad SMARTS) is 3. The number of aromatic nitrogens is 1. The lowest BCUT2D eigenvalue weighted by atomic mass is 9.79. The first-order valence-corrected chi connectivity index (χ1v) is 12.9. The molecule has 0 amide bonds. The molecule has 1 aliphatic heterocycles. The first kappa shape index (κ1) is 32.9. The van der Waals surface area contributed by atoms with Gasteiger partial charge in [-0.1, -0.05) is 6.07 Å². The predicted octanol–water partition coefficient (Wildman–Crippen LogP) is 2.88. The third kappa shape index (κ3) is 10.7. The van der Waals surface area contributed by atoms with E-state index in [4.69, 9.17) is 29.6 Å². The largest absolute Gasteiger partial charge is 0.481 e. The third-order valence-corrected chi connectivity index (χ3v) is 6.42. The molecule has 0 radical (unpaired) electrons. The number of rotatable bonds is 12. The van der Waals surface area contributed by atoms with Crippen LogP contribution < -0.4 is 5.32 Å². The fourth-order valence-electron chi connectivity index (χ4n) is 5.18. The van der Waals surface area contributed by atoms with Gasteiger partial charge in [-0.2, -0.15) is 0 Å². The van der Waals surface area contributed by atoms with Crippen LogP contribution in [-0.2, 0) is 38.8 Å². The van der Waals surface area contributed by atoms with Gasteiger partial charge in [0.25, 0.3) is 0 Å². The van der Waals surface area contributed by atoms with E-state index in [9.17, 15) is 14.4 Å². The lowest BCUT2D eigenvalue weighted by Crippen LogP contribution is -2.62. The second-order valence-corrected chi connectivity index (χ2v) is 11.5. The highest BCUT2D eigenvalue weighted by molar-refractivity contribution is 5.88. The van der Waals surface area contributed by atoms with E-state index < -0.39 is 36.4 Å². The lowest BCUT2D eigenvalue weighted by molar-refractivity contribution is -0.170. The Morgan fingerprint density at radius 1 is 1.00 bits per heavy atom. The van der Waals surface area contributed by atoms with Gasteiger partial charge in [0.05, 0.1) is 25.1 Å². The zero-order valence-corrected chi connectivity index (χ0v) is 23.7. The van der Waals surface area contributed by atoms with E-state index in [1.807, 2.05) is 18.3 Å². The molecule has 1 fully saturated rings. The van der Waals surface area contributed by atoms with Gasteiger partial charge in [0.2, 0.25) is 0 Å². The second-order valence-electron chi connectivity index (χ2n) is 11.5. The number of carbonyl (C=O) groups is 3. The molecule has 12 heteroatoms. The number of nitrogens with one attached hydrogen (secondary N) is 1. The summed E-state index contributed by atoms with van der Waals surface area (Å²) in [7, 11) is 1.69. The van der Waals surface area contributed by atoms with Crippen LogP contribution in [0.1, 0.15) is 70.6 Å². The summed E-state index contributed by atoms with van der Waals surface area (Å²) < 4.78 is 11.2. The molecule has 5 N–H and O–H groups in total. The number of methoxy groups -OCH3 is 1. The van der Waals surface area contributed by atoms with Crippen molar-refractivity contribution < 1.29 is 44.0 Å². The monoisotopic (exact) mass is 563 g/mol. The van der Waals surface area contributed by atoms with Gasteiger partial charge in [-0.05, 0) is 64.8 Å². The second kappa shape index (κ2) is 13.8. The molecule has 1 aliphatic rings. The van der Waals surface area contributed by atoms with Crippen LogP contribution in [0.15, 0.2) is 40.9 Å². The van der Waals surface area contributed by atoms with E-state index in [1.165, 1.54) is 0 Å². The molecule has 0 atom stereocenters. The molecule has 2 aromatic heterocycles. The molecule has 40 heavy (non-hydrogen) atoms. The number of hydrogen-bond acceptors (Lipinski definition) is 9. The van der Waals surface area contributed by atoms with Crippen molar-refractivity contribution in [3.8, 4) is 0 Å². The summed E-state index contributed by atoms with van der Waals surface area (Å²) in [6.07, 6.45) is 1.76. The quantitative estimate of drug-likeness (QED) is 0.255. The standard InChI is InChI=1S/C22H33N3O2.C6H8O7/c1-21(2)12-18(13-22(3,4)24-21)25(14-17-8-6-7-11-23-17)15-19-9-10-20(27-19)16-26-5;7-3(8)1-6(13,5(11)12)2-4(9)10/h6-11,18,24H,12-16H2,1-5H3;13H,1-2H2,(H,7,8)(H,9,10)(H,11,12). The van der Waals surface area contributed by atoms with E-state index in [-0.39, 0.29) is 11.1 Å². The van der Waals surface area contributed by atoms with Crippen molar-refractivity contribution in [2.75, 3.05) is 7.11 Å². The highest BCUT2D eigenvalue weighted by Gasteiger charge is 2.41. The van der Waals surface area contributed by atoms with E-state index in [2.05, 4.69) is 61.1 Å². The van der Waals surface area contributed by atoms with Gasteiger partial charge >= 0.3 is 17.9 Å². The summed E-state index contributed by atoms with van der Waals surface area (Å²) >= 11 is 0. The first-order chi connectivity index (χ1) is 18.5. The summed E-state index contributed by atoms with van der Waals surface area (Å²) in [5.74, 6) is -3.17. The summed E-state index contributed by atoms with van der Waals surface area (Å²) in [6.45, 7) is 11.3. The molecule has 1 saturated heterocycles. The molecule has 3 rings (SSSR count). The molecular weight excluding hydrogens is 522 g/mol. The van der Waals surface area contributed by atoms with Crippen molar-refractivity contribution in [3.63, 3.8) is 0 Å². The molecule has 0 aliphatic carbocycles. The number of piperidine rings is 1. The van der Waals surface area contributed by atoms with Crippen molar-refractivity contribution in [3.05, 3.63) is 53.7 Å². The van der Waals surface area contributed by atoms with Crippen LogP contribution in [-0.4, -0.2) is 78.0 Å². The van der Waals surface area contributed by atoms with Crippen LogP contribution in [0.4, 0.5) is 0 Å². The van der Waals surface area contributed by atoms with Gasteiger partial charge < -0.3 is 34.9 Å². The number of pyridine rings is 1. The number of aliphatic hydroxyl groups is 1. The molecule has 3 heterocycles. The Hall–Kier alpha value is -3.32. The maximum Gasteiger partial charge on any atom is 0.336 e. The molecule has 2 aromatic rings. The number of hydrogen-bond donors (Lipinski definition) is 5. The zero-order chi connectivity index (χ0) is 30.1. The number of furan rings is 1. The molecule has 222 valence electrons. The van der Waals surface area contributed by atoms with Crippen LogP contribution in [0, 0.1) is 0 Å². The summed E-state index contributed by atoms with van der Waals surface area (Å²) in [6, 6.07) is 10.7. The molecule has 12 nitrogen and oxygen atoms in total. The van der Waals surface area contributed by atoms with Crippen LogP contribution in [0.2, 0.25) is 0 Å². The number of ether oxygens (including phenoxy) is 1. The van der Waals surface area contributed by atoms with Crippen molar-refractivity contribution in [1.82, 2.24) is 15.2 Å². The average Bonchev–Trinajstić information content (AvgIpc) is 3.24. The van der Waals surface area contributed by atoms with Crippen LogP contribution >= 0.6 is 0 Å². The predicted molar refractivity (Wildman–Crippen MR) is 144 cm³/mol. The molecular formula is C28H41N3O9. The van der Waals surface area contributed by atoms with Crippen molar-refractivity contribution in [1.29, 1.82) is 0 Å². The van der Waals surface area contributed by atoms with Gasteiger partial charge in [-0.25, -0.2) is 4.79 Å². The van der Waals surface area contributed by atoms with Crippen molar-refractivity contribution >= 4 is 17.9 Å². The molecule has 0 aromatic carbocycles. The van der Waals surface area contributed by atoms with Crippen molar-refractivity contribution in [2.24, 2.45) is 0 Å². The molecule has 0 bridgehead atoms.